The molecule has 1 amide bonds. The third kappa shape index (κ3) is 5.12. The predicted molar refractivity (Wildman–Crippen MR) is 124 cm³/mol. The first-order chi connectivity index (χ1) is 16.5. The third-order valence-corrected chi connectivity index (χ3v) is 6.05. The molecule has 0 unspecified atom stereocenters. The molecule has 10 heteroatoms. The van der Waals surface area contributed by atoms with Gasteiger partial charge in [-0.3, -0.25) is 19.7 Å². The number of non-ortho nitro benzene ring substituents is 1. The van der Waals surface area contributed by atoms with Gasteiger partial charge in [0.1, 0.15) is 13.2 Å². The summed E-state index contributed by atoms with van der Waals surface area (Å²) >= 11 is 0. The van der Waals surface area contributed by atoms with Crippen molar-refractivity contribution in [3.63, 3.8) is 0 Å². The van der Waals surface area contributed by atoms with Crippen LogP contribution in [0.3, 0.4) is 0 Å². The van der Waals surface area contributed by atoms with Crippen LogP contribution < -0.4 is 14.8 Å². The van der Waals surface area contributed by atoms with Crippen LogP contribution in [0.1, 0.15) is 33.6 Å². The summed E-state index contributed by atoms with van der Waals surface area (Å²) in [6.07, 6.45) is 1.03. The highest BCUT2D eigenvalue weighted by Crippen LogP contribution is 2.33. The van der Waals surface area contributed by atoms with Crippen LogP contribution in [0.5, 0.6) is 11.5 Å². The minimum atomic E-state index is -0.520. The number of Topliss-reactive ketones (excluding diaryl/α,β-unsaturated/α-hetero) is 1. The number of benzene rings is 2. The Labute approximate surface area is 196 Å². The van der Waals surface area contributed by atoms with Gasteiger partial charge in [0.05, 0.1) is 17.1 Å². The molecule has 10 nitrogen and oxygen atoms in total. The number of ether oxygens (including phenoxy) is 3. The molecule has 0 aliphatic carbocycles. The molecule has 2 aliphatic heterocycles. The van der Waals surface area contributed by atoms with E-state index >= 15 is 0 Å². The quantitative estimate of drug-likeness (QED) is 0.271. The Morgan fingerprint density at radius 3 is 2.56 bits per heavy atom. The molecule has 1 N–H and O–H groups in total. The Kier molecular flexibility index (Phi) is 7.27. The van der Waals surface area contributed by atoms with Gasteiger partial charge in [-0.05, 0) is 37.1 Å². The summed E-state index contributed by atoms with van der Waals surface area (Å²) in [6.45, 7) is 2.60. The standard InChI is InChI=1S/C24H27N3O7/c1-32-11-8-25-20-4-3-18(27(30)31)15-19(20)24(29)26-9-6-16(7-10-26)23(28)17-2-5-21-22(14-17)34-13-12-33-21/h2-5,14-16,25H,6-13H2,1H3. The number of methoxy groups -OCH3 is 1. The van der Waals surface area contributed by atoms with Crippen LogP contribution in [0.4, 0.5) is 11.4 Å². The number of ketones is 1. The predicted octanol–water partition coefficient (Wildman–Crippen LogP) is 3.16. The number of nitro groups is 1. The number of rotatable bonds is 8. The molecule has 1 fully saturated rings. The molecule has 0 atom stereocenters. The van der Waals surface area contributed by atoms with Gasteiger partial charge in [-0.15, -0.1) is 0 Å². The lowest BCUT2D eigenvalue weighted by Gasteiger charge is -2.32. The van der Waals surface area contributed by atoms with Crippen LogP contribution in [-0.4, -0.2) is 68.1 Å². The zero-order chi connectivity index (χ0) is 24.1. The number of carbonyl (C=O) groups excluding carboxylic acids is 2. The average molecular weight is 469 g/mol. The number of nitro benzene ring substituents is 1. The van der Waals surface area contributed by atoms with Gasteiger partial charge in [0, 0.05) is 56.0 Å². The summed E-state index contributed by atoms with van der Waals surface area (Å²) in [6, 6.07) is 9.41. The number of likely N-dealkylation sites (tertiary alicyclic amines) is 1. The zero-order valence-electron chi connectivity index (χ0n) is 19.0. The van der Waals surface area contributed by atoms with Crippen molar-refractivity contribution in [2.24, 2.45) is 5.92 Å². The molecule has 2 aliphatic rings. The van der Waals surface area contributed by atoms with Crippen molar-refractivity contribution < 1.29 is 28.7 Å². The van der Waals surface area contributed by atoms with E-state index in [-0.39, 0.29) is 28.9 Å². The van der Waals surface area contributed by atoms with Gasteiger partial charge < -0.3 is 24.4 Å². The second kappa shape index (κ2) is 10.5. The van der Waals surface area contributed by atoms with Crippen molar-refractivity contribution in [2.75, 3.05) is 51.9 Å². The lowest BCUT2D eigenvalue weighted by atomic mass is 9.88. The Balaban J connectivity index is 1.43. The highest BCUT2D eigenvalue weighted by atomic mass is 16.6. The minimum absolute atomic E-state index is 0.0151. The van der Waals surface area contributed by atoms with Gasteiger partial charge >= 0.3 is 0 Å². The maximum atomic E-state index is 13.3. The van der Waals surface area contributed by atoms with Gasteiger partial charge in [-0.1, -0.05) is 0 Å². The summed E-state index contributed by atoms with van der Waals surface area (Å²) < 4.78 is 16.1. The van der Waals surface area contributed by atoms with Crippen molar-refractivity contribution in [1.29, 1.82) is 0 Å². The number of amides is 1. The van der Waals surface area contributed by atoms with Gasteiger partial charge in [-0.2, -0.15) is 0 Å². The molecule has 180 valence electrons. The smallest absolute Gasteiger partial charge is 0.270 e. The van der Waals surface area contributed by atoms with E-state index in [1.165, 1.54) is 12.1 Å². The molecule has 2 heterocycles. The summed E-state index contributed by atoms with van der Waals surface area (Å²) in [7, 11) is 1.57. The van der Waals surface area contributed by atoms with E-state index in [2.05, 4.69) is 5.32 Å². The zero-order valence-corrected chi connectivity index (χ0v) is 19.0. The second-order valence-corrected chi connectivity index (χ2v) is 8.20. The molecule has 2 aromatic rings. The van der Waals surface area contributed by atoms with Crippen molar-refractivity contribution >= 4 is 23.1 Å². The van der Waals surface area contributed by atoms with Gasteiger partial charge in [0.2, 0.25) is 0 Å². The number of carbonyl (C=O) groups is 2. The molecule has 0 saturated carbocycles. The number of piperidine rings is 1. The van der Waals surface area contributed by atoms with Crippen LogP contribution in [-0.2, 0) is 4.74 Å². The van der Waals surface area contributed by atoms with Crippen molar-refractivity contribution in [3.05, 3.63) is 57.6 Å². The molecule has 0 aromatic heterocycles. The SMILES string of the molecule is COCCNc1ccc([N+](=O)[O-])cc1C(=O)N1CCC(C(=O)c2ccc3c(c2)OCCO3)CC1. The highest BCUT2D eigenvalue weighted by Gasteiger charge is 2.30. The fraction of sp³-hybridized carbons (Fsp3) is 0.417. The minimum Gasteiger partial charge on any atom is -0.486 e. The molecular weight excluding hydrogens is 442 g/mol. The van der Waals surface area contributed by atoms with E-state index in [0.29, 0.717) is 75.0 Å². The number of hydrogen-bond acceptors (Lipinski definition) is 8. The van der Waals surface area contributed by atoms with Crippen molar-refractivity contribution in [1.82, 2.24) is 4.90 Å². The van der Waals surface area contributed by atoms with E-state index < -0.39 is 4.92 Å². The molecule has 0 radical (unpaired) electrons. The maximum absolute atomic E-state index is 13.3. The average Bonchev–Trinajstić information content (AvgIpc) is 2.88. The maximum Gasteiger partial charge on any atom is 0.270 e. The molecular formula is C24H27N3O7. The molecule has 34 heavy (non-hydrogen) atoms. The van der Waals surface area contributed by atoms with Gasteiger partial charge in [0.25, 0.3) is 11.6 Å². The molecule has 2 aromatic carbocycles. The van der Waals surface area contributed by atoms with Gasteiger partial charge in [-0.25, -0.2) is 0 Å². The van der Waals surface area contributed by atoms with E-state index in [0.717, 1.165) is 0 Å². The lowest BCUT2D eigenvalue weighted by Crippen LogP contribution is -2.40. The summed E-state index contributed by atoms with van der Waals surface area (Å²) in [5.74, 6) is 0.713. The Morgan fingerprint density at radius 2 is 1.85 bits per heavy atom. The topological polar surface area (TPSA) is 120 Å². The number of anilines is 1. The Hall–Kier alpha value is -3.66. The highest BCUT2D eigenvalue weighted by molar-refractivity contribution is 6.01. The van der Waals surface area contributed by atoms with Crippen molar-refractivity contribution in [3.8, 4) is 11.5 Å². The summed E-state index contributed by atoms with van der Waals surface area (Å²) in [5, 5.41) is 14.4. The number of fused-ring (bicyclic) bond motifs is 1. The number of nitrogens with zero attached hydrogens (tertiary/aromatic N) is 2. The summed E-state index contributed by atoms with van der Waals surface area (Å²) in [5.41, 5.74) is 1.17. The van der Waals surface area contributed by atoms with E-state index in [4.69, 9.17) is 14.2 Å². The lowest BCUT2D eigenvalue weighted by molar-refractivity contribution is -0.384. The molecule has 1 saturated heterocycles. The third-order valence-electron chi connectivity index (χ3n) is 6.05. The monoisotopic (exact) mass is 469 g/mol. The first-order valence-electron chi connectivity index (χ1n) is 11.2. The first-order valence-corrected chi connectivity index (χ1v) is 11.2. The second-order valence-electron chi connectivity index (χ2n) is 8.20. The fourth-order valence-corrected chi connectivity index (χ4v) is 4.21. The van der Waals surface area contributed by atoms with E-state index in [1.54, 1.807) is 36.3 Å². The van der Waals surface area contributed by atoms with Crippen LogP contribution >= 0.6 is 0 Å². The van der Waals surface area contributed by atoms with Crippen LogP contribution in [0.2, 0.25) is 0 Å². The summed E-state index contributed by atoms with van der Waals surface area (Å²) in [4.78, 5) is 38.7. The van der Waals surface area contributed by atoms with Gasteiger partial charge in [0.15, 0.2) is 17.3 Å². The largest absolute Gasteiger partial charge is 0.486 e. The molecule has 4 rings (SSSR count). The van der Waals surface area contributed by atoms with Crippen molar-refractivity contribution in [2.45, 2.75) is 12.8 Å². The Bertz CT molecular complexity index is 1080. The first kappa shape index (κ1) is 23.5. The Morgan fingerprint density at radius 1 is 1.12 bits per heavy atom. The number of nitrogens with one attached hydrogen (secondary N) is 1. The molecule has 0 bridgehead atoms. The van der Waals surface area contributed by atoms with Crippen LogP contribution in [0.15, 0.2) is 36.4 Å². The van der Waals surface area contributed by atoms with Crippen LogP contribution in [0, 0.1) is 16.0 Å². The normalized spacial score (nSPS) is 15.6. The fourth-order valence-electron chi connectivity index (χ4n) is 4.21. The number of hydrogen-bond donors (Lipinski definition) is 1. The van der Waals surface area contributed by atoms with Crippen LogP contribution in [0.25, 0.3) is 0 Å². The van der Waals surface area contributed by atoms with E-state index in [9.17, 15) is 19.7 Å². The molecule has 0 spiro atoms. The van der Waals surface area contributed by atoms with E-state index in [1.807, 2.05) is 0 Å².